The quantitative estimate of drug-likeness (QED) is 0.178. The van der Waals surface area contributed by atoms with Gasteiger partial charge in [-0.25, -0.2) is 0 Å². The van der Waals surface area contributed by atoms with E-state index in [1.165, 1.54) is 82.7 Å². The Morgan fingerprint density at radius 1 is 0.240 bits per heavy atom. The number of aromatic nitrogens is 2. The summed E-state index contributed by atoms with van der Waals surface area (Å²) < 4.78 is 4.84. The third kappa shape index (κ3) is 4.50. The highest BCUT2D eigenvalue weighted by molar-refractivity contribution is 6.29. The van der Waals surface area contributed by atoms with Gasteiger partial charge < -0.3 is 9.13 Å². The molecule has 0 bridgehead atoms. The van der Waals surface area contributed by atoms with Gasteiger partial charge in [0.2, 0.25) is 0 Å². The van der Waals surface area contributed by atoms with Crippen LogP contribution in [0.5, 0.6) is 0 Å². The van der Waals surface area contributed by atoms with Crippen LogP contribution in [0, 0.1) is 0 Å². The molecule has 0 N–H and O–H groups in total. The van der Waals surface area contributed by atoms with Gasteiger partial charge in [0.15, 0.2) is 0 Å². The lowest BCUT2D eigenvalue weighted by Crippen LogP contribution is -1.94. The molecule has 10 aromatic rings. The minimum absolute atomic E-state index is 1.16. The van der Waals surface area contributed by atoms with Crippen LogP contribution in [-0.4, -0.2) is 9.13 Å². The molecule has 2 heteroatoms. The topological polar surface area (TPSA) is 9.86 Å². The third-order valence-electron chi connectivity index (χ3n) is 10.1. The molecule has 0 aliphatic carbocycles. The summed E-state index contributed by atoms with van der Waals surface area (Å²) in [5.74, 6) is 0. The summed E-state index contributed by atoms with van der Waals surface area (Å²) in [5.41, 5.74) is 14.5. The van der Waals surface area contributed by atoms with Gasteiger partial charge in [0.05, 0.1) is 22.1 Å². The van der Waals surface area contributed by atoms with Crippen molar-refractivity contribution in [3.05, 3.63) is 194 Å². The summed E-state index contributed by atoms with van der Waals surface area (Å²) in [4.78, 5) is 0. The van der Waals surface area contributed by atoms with Gasteiger partial charge in [0.1, 0.15) is 0 Å². The van der Waals surface area contributed by atoms with Gasteiger partial charge in [0.25, 0.3) is 0 Å². The first kappa shape index (κ1) is 28.4. The van der Waals surface area contributed by atoms with Crippen LogP contribution in [0.25, 0.3) is 88.4 Å². The average Bonchev–Trinajstić information content (AvgIpc) is 3.71. The van der Waals surface area contributed by atoms with E-state index in [0.29, 0.717) is 0 Å². The predicted molar refractivity (Wildman–Crippen MR) is 211 cm³/mol. The van der Waals surface area contributed by atoms with E-state index in [1.807, 2.05) is 0 Å². The third-order valence-corrected chi connectivity index (χ3v) is 10.1. The first-order valence-electron chi connectivity index (χ1n) is 17.2. The Bertz CT molecular complexity index is 2810. The van der Waals surface area contributed by atoms with Crippen molar-refractivity contribution in [3.63, 3.8) is 0 Å². The molecule has 50 heavy (non-hydrogen) atoms. The SMILES string of the molecule is c1ccc(-c2ccc(-c3ccc(-c4ccc5c6c7c8ccccc8n(-c8ccccc8)c7ccc6n(-c6ccccc6)c5c4)cc3)cc2)cc1. The molecule has 0 amide bonds. The van der Waals surface area contributed by atoms with Crippen molar-refractivity contribution in [1.29, 1.82) is 0 Å². The second-order valence-corrected chi connectivity index (χ2v) is 13.0. The van der Waals surface area contributed by atoms with Crippen molar-refractivity contribution in [2.75, 3.05) is 0 Å². The Labute approximate surface area is 290 Å². The van der Waals surface area contributed by atoms with Gasteiger partial charge in [-0.1, -0.05) is 146 Å². The predicted octanol–water partition coefficient (Wildman–Crippen LogP) is 12.9. The first-order valence-corrected chi connectivity index (χ1v) is 17.2. The van der Waals surface area contributed by atoms with Crippen LogP contribution in [0.15, 0.2) is 194 Å². The van der Waals surface area contributed by atoms with E-state index in [9.17, 15) is 0 Å². The molecule has 0 aliphatic rings. The molecule has 10 rings (SSSR count). The van der Waals surface area contributed by atoms with Crippen LogP contribution in [0.1, 0.15) is 0 Å². The number of fused-ring (bicyclic) bond motifs is 7. The molecule has 0 saturated carbocycles. The summed E-state index contributed by atoms with van der Waals surface area (Å²) in [6, 6.07) is 70.3. The molecular formula is C48H32N2. The first-order chi connectivity index (χ1) is 24.8. The minimum Gasteiger partial charge on any atom is -0.309 e. The van der Waals surface area contributed by atoms with Gasteiger partial charge in [0, 0.05) is 32.9 Å². The summed E-state index contributed by atoms with van der Waals surface area (Å²) in [6.07, 6.45) is 0. The van der Waals surface area contributed by atoms with E-state index in [-0.39, 0.29) is 0 Å². The normalized spacial score (nSPS) is 11.6. The summed E-state index contributed by atoms with van der Waals surface area (Å²) in [6.45, 7) is 0. The lowest BCUT2D eigenvalue weighted by molar-refractivity contribution is 1.17. The Hall–Kier alpha value is -6.64. The zero-order valence-corrected chi connectivity index (χ0v) is 27.4. The number of nitrogens with zero attached hydrogens (tertiary/aromatic N) is 2. The fourth-order valence-electron chi connectivity index (χ4n) is 7.80. The largest absolute Gasteiger partial charge is 0.309 e. The highest BCUT2D eigenvalue weighted by atomic mass is 15.0. The van der Waals surface area contributed by atoms with Gasteiger partial charge in [-0.05, 0) is 81.9 Å². The molecule has 0 atom stereocenters. The van der Waals surface area contributed by atoms with Crippen LogP contribution in [-0.2, 0) is 0 Å². The molecule has 0 saturated heterocycles. The summed E-state index contributed by atoms with van der Waals surface area (Å²) in [7, 11) is 0. The van der Waals surface area contributed by atoms with Crippen LogP contribution in [0.3, 0.4) is 0 Å². The van der Waals surface area contributed by atoms with Crippen LogP contribution >= 0.6 is 0 Å². The number of hydrogen-bond acceptors (Lipinski definition) is 0. The highest BCUT2D eigenvalue weighted by Gasteiger charge is 2.20. The molecule has 0 unspecified atom stereocenters. The van der Waals surface area contributed by atoms with Crippen molar-refractivity contribution in [3.8, 4) is 44.8 Å². The minimum atomic E-state index is 1.16. The Balaban J connectivity index is 1.14. The van der Waals surface area contributed by atoms with E-state index in [0.717, 1.165) is 5.69 Å². The smallest absolute Gasteiger partial charge is 0.0548 e. The maximum atomic E-state index is 2.44. The number of rotatable bonds is 5. The number of hydrogen-bond donors (Lipinski definition) is 0. The van der Waals surface area contributed by atoms with Crippen molar-refractivity contribution in [2.24, 2.45) is 0 Å². The van der Waals surface area contributed by atoms with E-state index in [1.54, 1.807) is 0 Å². The van der Waals surface area contributed by atoms with Gasteiger partial charge >= 0.3 is 0 Å². The molecule has 0 aliphatic heterocycles. The van der Waals surface area contributed by atoms with Gasteiger partial charge in [-0.3, -0.25) is 0 Å². The van der Waals surface area contributed by atoms with Crippen molar-refractivity contribution in [1.82, 2.24) is 9.13 Å². The Kier molecular flexibility index (Phi) is 6.53. The molecule has 0 fully saturated rings. The maximum Gasteiger partial charge on any atom is 0.0548 e. The molecule has 0 radical (unpaired) electrons. The summed E-state index contributed by atoms with van der Waals surface area (Å²) in [5, 5.41) is 5.09. The molecule has 8 aromatic carbocycles. The van der Waals surface area contributed by atoms with Crippen LogP contribution < -0.4 is 0 Å². The highest BCUT2D eigenvalue weighted by Crippen LogP contribution is 2.43. The molecule has 234 valence electrons. The Morgan fingerprint density at radius 3 is 1.16 bits per heavy atom. The fourth-order valence-corrected chi connectivity index (χ4v) is 7.80. The second kappa shape index (κ2) is 11.5. The monoisotopic (exact) mass is 636 g/mol. The van der Waals surface area contributed by atoms with Gasteiger partial charge in [-0.15, -0.1) is 0 Å². The van der Waals surface area contributed by atoms with Crippen molar-refractivity contribution < 1.29 is 0 Å². The molecule has 0 spiro atoms. The molecule has 2 aromatic heterocycles. The number of benzene rings is 8. The second-order valence-electron chi connectivity index (χ2n) is 13.0. The summed E-state index contributed by atoms with van der Waals surface area (Å²) >= 11 is 0. The van der Waals surface area contributed by atoms with Crippen LogP contribution in [0.4, 0.5) is 0 Å². The molecular weight excluding hydrogens is 605 g/mol. The van der Waals surface area contributed by atoms with E-state index in [2.05, 4.69) is 203 Å². The van der Waals surface area contributed by atoms with Crippen molar-refractivity contribution >= 4 is 43.6 Å². The van der Waals surface area contributed by atoms with E-state index >= 15 is 0 Å². The fraction of sp³-hybridized carbons (Fsp3) is 0. The average molecular weight is 637 g/mol. The zero-order chi connectivity index (χ0) is 33.0. The van der Waals surface area contributed by atoms with Gasteiger partial charge in [-0.2, -0.15) is 0 Å². The zero-order valence-electron chi connectivity index (χ0n) is 27.4. The molecule has 2 heterocycles. The maximum absolute atomic E-state index is 2.44. The standard InChI is InChI=1S/C48H32N2/c1-4-12-33(13-5-1)34-20-22-35(23-21-34)36-24-26-37(27-25-36)38-28-29-42-46(32-38)50(40-16-8-3-9-17-40)45-31-30-44-47(48(42)45)41-18-10-11-19-43(41)49(44)39-14-6-2-7-15-39/h1-32H. The lowest BCUT2D eigenvalue weighted by Gasteiger charge is -2.10. The van der Waals surface area contributed by atoms with E-state index < -0.39 is 0 Å². The van der Waals surface area contributed by atoms with Crippen molar-refractivity contribution in [2.45, 2.75) is 0 Å². The number of para-hydroxylation sites is 3. The Morgan fingerprint density at radius 2 is 0.620 bits per heavy atom. The lowest BCUT2D eigenvalue weighted by atomic mass is 9.97. The molecule has 2 nitrogen and oxygen atoms in total. The van der Waals surface area contributed by atoms with E-state index in [4.69, 9.17) is 0 Å². The van der Waals surface area contributed by atoms with Crippen LogP contribution in [0.2, 0.25) is 0 Å².